The fourth-order valence-electron chi connectivity index (χ4n) is 4.22. The molecule has 5 rings (SSSR count). The normalized spacial score (nSPS) is 18.6. The number of amides is 2. The summed E-state index contributed by atoms with van der Waals surface area (Å²) in [5.74, 6) is -0.306. The highest BCUT2D eigenvalue weighted by molar-refractivity contribution is 5.98. The average Bonchev–Trinajstić information content (AvgIpc) is 3.30. The summed E-state index contributed by atoms with van der Waals surface area (Å²) in [7, 11) is 0. The molecule has 1 saturated heterocycles. The Morgan fingerprint density at radius 2 is 1.97 bits per heavy atom. The van der Waals surface area contributed by atoms with Crippen LogP contribution in [0.2, 0.25) is 0 Å². The van der Waals surface area contributed by atoms with Gasteiger partial charge in [-0.25, -0.2) is 10.3 Å². The number of hydrogen-bond donors (Lipinski definition) is 2. The quantitative estimate of drug-likeness (QED) is 0.634. The first kappa shape index (κ1) is 19.8. The lowest BCUT2D eigenvalue weighted by Gasteiger charge is -2.29. The fourth-order valence-corrected chi connectivity index (χ4v) is 4.22. The highest BCUT2D eigenvalue weighted by atomic mass is 16.8. The van der Waals surface area contributed by atoms with Crippen molar-refractivity contribution in [3.63, 3.8) is 0 Å². The second-order valence-corrected chi connectivity index (χ2v) is 8.09. The van der Waals surface area contributed by atoms with Crippen molar-refractivity contribution in [1.82, 2.24) is 15.4 Å². The molecule has 0 bridgehead atoms. The number of rotatable bonds is 4. The molecular formula is C24H25N3O4. The first-order valence-corrected chi connectivity index (χ1v) is 10.7. The van der Waals surface area contributed by atoms with Crippen LogP contribution < -0.4 is 5.48 Å². The number of carbonyl (C=O) groups is 2. The molecule has 3 heterocycles. The molecule has 0 spiro atoms. The van der Waals surface area contributed by atoms with Gasteiger partial charge >= 0.3 is 0 Å². The molecule has 2 aliphatic rings. The molecule has 0 aliphatic carbocycles. The molecule has 2 N–H and O–H groups in total. The smallest absolute Gasteiger partial charge is 0.274 e. The van der Waals surface area contributed by atoms with E-state index in [1.807, 2.05) is 47.5 Å². The molecule has 160 valence electrons. The van der Waals surface area contributed by atoms with Crippen LogP contribution in [0.25, 0.3) is 10.9 Å². The van der Waals surface area contributed by atoms with E-state index in [0.29, 0.717) is 30.8 Å². The molecule has 3 aromatic rings. The fraction of sp³-hybridized carbons (Fsp3) is 0.333. The molecular weight excluding hydrogens is 394 g/mol. The predicted molar refractivity (Wildman–Crippen MR) is 115 cm³/mol. The van der Waals surface area contributed by atoms with Crippen LogP contribution in [0.5, 0.6) is 0 Å². The zero-order valence-corrected chi connectivity index (χ0v) is 17.2. The number of nitrogens with zero attached hydrogens (tertiary/aromatic N) is 1. The Labute approximate surface area is 180 Å². The zero-order chi connectivity index (χ0) is 21.2. The summed E-state index contributed by atoms with van der Waals surface area (Å²) in [6.07, 6.45) is 5.07. The summed E-state index contributed by atoms with van der Waals surface area (Å²) in [6.45, 7) is 1.79. The minimum Gasteiger partial charge on any atom is -0.361 e. The molecule has 2 aromatic carbocycles. The van der Waals surface area contributed by atoms with Crippen molar-refractivity contribution in [2.45, 2.75) is 38.5 Å². The molecule has 7 nitrogen and oxygen atoms in total. The lowest BCUT2D eigenvalue weighted by molar-refractivity contribution is -0.186. The monoisotopic (exact) mass is 419 g/mol. The molecule has 2 aliphatic heterocycles. The summed E-state index contributed by atoms with van der Waals surface area (Å²) in [5, 5.41) is 1.02. The largest absolute Gasteiger partial charge is 0.361 e. The SMILES string of the molecule is O=C(NOC1CCCCO1)c1ccc2c(c1)CN(C(=O)c1ccc3[nH]ccc3c1)CC2. The van der Waals surface area contributed by atoms with E-state index < -0.39 is 0 Å². The van der Waals surface area contributed by atoms with Crippen LogP contribution in [0.1, 0.15) is 51.1 Å². The number of fused-ring (bicyclic) bond motifs is 2. The number of hydroxylamine groups is 1. The highest BCUT2D eigenvalue weighted by Gasteiger charge is 2.23. The second-order valence-electron chi connectivity index (χ2n) is 8.09. The minimum atomic E-state index is -0.388. The molecule has 31 heavy (non-hydrogen) atoms. The van der Waals surface area contributed by atoms with Crippen molar-refractivity contribution in [2.24, 2.45) is 0 Å². The maximum Gasteiger partial charge on any atom is 0.274 e. The van der Waals surface area contributed by atoms with Gasteiger partial charge in [-0.1, -0.05) is 6.07 Å². The Hall–Kier alpha value is -3.16. The van der Waals surface area contributed by atoms with Gasteiger partial charge in [0.15, 0.2) is 6.29 Å². The van der Waals surface area contributed by atoms with Crippen molar-refractivity contribution in [1.29, 1.82) is 0 Å². The van der Waals surface area contributed by atoms with Gasteiger partial charge in [0.2, 0.25) is 0 Å². The van der Waals surface area contributed by atoms with Gasteiger partial charge in [0.1, 0.15) is 0 Å². The minimum absolute atomic E-state index is 0.00128. The lowest BCUT2D eigenvalue weighted by atomic mass is 9.96. The molecule has 1 fully saturated rings. The van der Waals surface area contributed by atoms with Crippen molar-refractivity contribution >= 4 is 22.7 Å². The summed E-state index contributed by atoms with van der Waals surface area (Å²) < 4.78 is 5.48. The summed E-state index contributed by atoms with van der Waals surface area (Å²) in [6, 6.07) is 13.3. The topological polar surface area (TPSA) is 83.7 Å². The number of aromatic amines is 1. The third-order valence-corrected chi connectivity index (χ3v) is 5.99. The maximum atomic E-state index is 13.1. The van der Waals surface area contributed by atoms with E-state index in [4.69, 9.17) is 9.57 Å². The van der Waals surface area contributed by atoms with Gasteiger partial charge < -0.3 is 14.6 Å². The Bertz CT molecular complexity index is 1120. The molecule has 0 radical (unpaired) electrons. The second kappa shape index (κ2) is 8.53. The van der Waals surface area contributed by atoms with Gasteiger partial charge in [-0.05, 0) is 66.8 Å². The number of nitrogens with one attached hydrogen (secondary N) is 2. The van der Waals surface area contributed by atoms with Gasteiger partial charge in [-0.3, -0.25) is 9.59 Å². The van der Waals surface area contributed by atoms with Crippen LogP contribution in [0, 0.1) is 0 Å². The number of hydrogen-bond acceptors (Lipinski definition) is 4. The van der Waals surface area contributed by atoms with Gasteiger partial charge in [0.05, 0.1) is 0 Å². The van der Waals surface area contributed by atoms with Crippen LogP contribution >= 0.6 is 0 Å². The first-order valence-electron chi connectivity index (χ1n) is 10.7. The molecule has 1 atom stereocenters. The van der Waals surface area contributed by atoms with Gasteiger partial charge in [0.25, 0.3) is 11.8 Å². The molecule has 2 amide bonds. The molecule has 1 aromatic heterocycles. The van der Waals surface area contributed by atoms with Crippen molar-refractivity contribution in [2.75, 3.05) is 13.2 Å². The van der Waals surface area contributed by atoms with E-state index >= 15 is 0 Å². The van der Waals surface area contributed by atoms with E-state index in [1.165, 1.54) is 5.56 Å². The van der Waals surface area contributed by atoms with Crippen molar-refractivity contribution in [3.8, 4) is 0 Å². The van der Waals surface area contributed by atoms with Gasteiger partial charge in [-0.15, -0.1) is 0 Å². The predicted octanol–water partition coefficient (Wildman–Crippen LogP) is 3.55. The van der Waals surface area contributed by atoms with E-state index in [9.17, 15) is 9.59 Å². The van der Waals surface area contributed by atoms with E-state index in [0.717, 1.165) is 42.1 Å². The zero-order valence-electron chi connectivity index (χ0n) is 17.2. The van der Waals surface area contributed by atoms with Crippen LogP contribution in [0.3, 0.4) is 0 Å². The third kappa shape index (κ3) is 4.19. The van der Waals surface area contributed by atoms with E-state index in [-0.39, 0.29) is 18.1 Å². The van der Waals surface area contributed by atoms with Crippen LogP contribution in [-0.2, 0) is 22.5 Å². The molecule has 7 heteroatoms. The number of H-pyrrole nitrogens is 1. The first-order chi connectivity index (χ1) is 15.2. The maximum absolute atomic E-state index is 13.1. The Balaban J connectivity index is 1.27. The number of aromatic nitrogens is 1. The highest BCUT2D eigenvalue weighted by Crippen LogP contribution is 2.23. The standard InChI is InChI=1S/C24H25N3O4/c28-23(26-31-22-3-1-2-12-30-22)18-5-4-16-9-11-27(15-20(16)14-18)24(29)19-6-7-21-17(13-19)8-10-25-21/h4-8,10,13-14,22,25H,1-3,9,11-12,15H2,(H,26,28). The summed E-state index contributed by atoms with van der Waals surface area (Å²) in [5.41, 5.74) is 6.85. The number of benzene rings is 2. The summed E-state index contributed by atoms with van der Waals surface area (Å²) >= 11 is 0. The van der Waals surface area contributed by atoms with Gasteiger partial charge in [-0.2, -0.15) is 0 Å². The molecule has 0 saturated carbocycles. The summed E-state index contributed by atoms with van der Waals surface area (Å²) in [4.78, 5) is 36.0. The number of carbonyl (C=O) groups excluding carboxylic acids is 2. The Morgan fingerprint density at radius 1 is 1.06 bits per heavy atom. The molecule has 1 unspecified atom stereocenters. The van der Waals surface area contributed by atoms with E-state index in [2.05, 4.69) is 10.5 Å². The van der Waals surface area contributed by atoms with Gasteiger partial charge in [0, 0.05) is 54.3 Å². The van der Waals surface area contributed by atoms with Crippen molar-refractivity contribution < 1.29 is 19.2 Å². The average molecular weight is 419 g/mol. The van der Waals surface area contributed by atoms with Crippen LogP contribution in [0.4, 0.5) is 0 Å². The Kier molecular flexibility index (Phi) is 5.44. The number of ether oxygens (including phenoxy) is 1. The van der Waals surface area contributed by atoms with Crippen molar-refractivity contribution in [3.05, 3.63) is 70.9 Å². The van der Waals surface area contributed by atoms with E-state index in [1.54, 1.807) is 6.07 Å². The Morgan fingerprint density at radius 3 is 2.84 bits per heavy atom. The van der Waals surface area contributed by atoms with Crippen LogP contribution in [-0.4, -0.2) is 41.1 Å². The lowest BCUT2D eigenvalue weighted by Crippen LogP contribution is -2.36. The van der Waals surface area contributed by atoms with Crippen LogP contribution in [0.15, 0.2) is 48.7 Å². The third-order valence-electron chi connectivity index (χ3n) is 5.99.